The van der Waals surface area contributed by atoms with Crippen LogP contribution in [0.25, 0.3) is 0 Å². The van der Waals surface area contributed by atoms with Gasteiger partial charge in [0.25, 0.3) is 5.91 Å². The van der Waals surface area contributed by atoms with Gasteiger partial charge in [-0.05, 0) is 43.9 Å². The Kier molecular flexibility index (Phi) is 5.74. The second kappa shape index (κ2) is 7.57. The molecular formula is C17H25N3O3. The molecule has 2 amide bonds. The van der Waals surface area contributed by atoms with Crippen LogP contribution >= 0.6 is 0 Å². The number of likely N-dealkylation sites (tertiary alicyclic amines) is 1. The molecule has 1 heterocycles. The van der Waals surface area contributed by atoms with E-state index in [4.69, 9.17) is 5.73 Å². The number of nitrogens with one attached hydrogen (secondary N) is 1. The second-order valence-electron chi connectivity index (χ2n) is 6.24. The molecule has 2 rings (SSSR count). The summed E-state index contributed by atoms with van der Waals surface area (Å²) < 4.78 is 0. The summed E-state index contributed by atoms with van der Waals surface area (Å²) in [6, 6.07) is 8.09. The zero-order valence-corrected chi connectivity index (χ0v) is 13.5. The normalized spacial score (nSPS) is 21.8. The minimum Gasteiger partial charge on any atom is -0.379 e. The highest BCUT2D eigenvalue weighted by atomic mass is 16.3. The van der Waals surface area contributed by atoms with Crippen LogP contribution < -0.4 is 11.1 Å². The summed E-state index contributed by atoms with van der Waals surface area (Å²) in [6.45, 7) is 3.59. The first-order valence-electron chi connectivity index (χ1n) is 7.96. The van der Waals surface area contributed by atoms with Crippen LogP contribution in [-0.2, 0) is 16.0 Å². The number of primary amides is 1. The van der Waals surface area contributed by atoms with E-state index in [1.165, 1.54) is 11.1 Å². The van der Waals surface area contributed by atoms with Crippen LogP contribution in [0.3, 0.4) is 0 Å². The lowest BCUT2D eigenvalue weighted by atomic mass is 9.92. The molecule has 1 unspecified atom stereocenters. The Morgan fingerprint density at radius 1 is 1.39 bits per heavy atom. The van der Waals surface area contributed by atoms with Crippen molar-refractivity contribution in [3.05, 3.63) is 35.4 Å². The fourth-order valence-electron chi connectivity index (χ4n) is 2.95. The molecule has 6 nitrogen and oxygen atoms in total. The molecule has 0 aromatic heterocycles. The maximum atomic E-state index is 12.0. The highest BCUT2D eigenvalue weighted by molar-refractivity contribution is 5.84. The van der Waals surface area contributed by atoms with Crippen LogP contribution in [0, 0.1) is 6.92 Å². The Hall–Kier alpha value is -1.92. The summed E-state index contributed by atoms with van der Waals surface area (Å²) in [5, 5.41) is 13.0. The minimum atomic E-state index is -1.51. The van der Waals surface area contributed by atoms with Crippen molar-refractivity contribution in [3.63, 3.8) is 0 Å². The maximum absolute atomic E-state index is 12.0. The Morgan fingerprint density at radius 2 is 2.13 bits per heavy atom. The first-order valence-corrected chi connectivity index (χ1v) is 7.96. The molecule has 1 saturated heterocycles. The van der Waals surface area contributed by atoms with E-state index in [9.17, 15) is 14.7 Å². The Morgan fingerprint density at radius 3 is 2.83 bits per heavy atom. The number of carbonyl (C=O) groups excluding carboxylic acids is 2. The summed E-state index contributed by atoms with van der Waals surface area (Å²) in [6.07, 6.45) is 1.79. The van der Waals surface area contributed by atoms with E-state index in [1.807, 2.05) is 12.1 Å². The molecule has 1 aromatic carbocycles. The quantitative estimate of drug-likeness (QED) is 0.686. The SMILES string of the molecule is Cc1ccccc1CCNC(=O)CN1CCCC(O)(C(N)=O)C1. The van der Waals surface area contributed by atoms with Crippen molar-refractivity contribution in [1.82, 2.24) is 10.2 Å². The monoisotopic (exact) mass is 319 g/mol. The maximum Gasteiger partial charge on any atom is 0.250 e. The summed E-state index contributed by atoms with van der Waals surface area (Å²) >= 11 is 0. The number of β-amino-alcohol motifs (C(OH)–C–C–N with tert-alkyl or cyclic N) is 1. The topological polar surface area (TPSA) is 95.7 Å². The van der Waals surface area contributed by atoms with Gasteiger partial charge in [-0.3, -0.25) is 14.5 Å². The van der Waals surface area contributed by atoms with E-state index in [0.29, 0.717) is 25.9 Å². The Bertz CT molecular complexity index is 576. The van der Waals surface area contributed by atoms with Crippen LogP contribution in [-0.4, -0.2) is 53.6 Å². The van der Waals surface area contributed by atoms with Gasteiger partial charge >= 0.3 is 0 Å². The molecule has 1 atom stereocenters. The zero-order chi connectivity index (χ0) is 16.9. The Labute approximate surface area is 136 Å². The lowest BCUT2D eigenvalue weighted by molar-refractivity contribution is -0.143. The highest BCUT2D eigenvalue weighted by Crippen LogP contribution is 2.20. The van der Waals surface area contributed by atoms with E-state index < -0.39 is 11.5 Å². The summed E-state index contributed by atoms with van der Waals surface area (Å²) in [5.74, 6) is -0.825. The average Bonchev–Trinajstić information content (AvgIpc) is 2.49. The van der Waals surface area contributed by atoms with Crippen LogP contribution in [0.15, 0.2) is 24.3 Å². The molecule has 0 bridgehead atoms. The second-order valence-corrected chi connectivity index (χ2v) is 6.24. The van der Waals surface area contributed by atoms with Crippen molar-refractivity contribution in [2.45, 2.75) is 31.8 Å². The number of nitrogens with zero attached hydrogens (tertiary/aromatic N) is 1. The fourth-order valence-corrected chi connectivity index (χ4v) is 2.95. The predicted molar refractivity (Wildman–Crippen MR) is 87.7 cm³/mol. The largest absolute Gasteiger partial charge is 0.379 e. The van der Waals surface area contributed by atoms with Gasteiger partial charge < -0.3 is 16.2 Å². The number of aryl methyl sites for hydroxylation is 1. The molecule has 126 valence electrons. The van der Waals surface area contributed by atoms with Crippen molar-refractivity contribution < 1.29 is 14.7 Å². The molecule has 6 heteroatoms. The van der Waals surface area contributed by atoms with Crippen LogP contribution in [0.1, 0.15) is 24.0 Å². The van der Waals surface area contributed by atoms with Gasteiger partial charge in [-0.25, -0.2) is 0 Å². The molecule has 0 aliphatic carbocycles. The third-order valence-electron chi connectivity index (χ3n) is 4.35. The molecule has 23 heavy (non-hydrogen) atoms. The first kappa shape index (κ1) is 17.4. The number of nitrogens with two attached hydrogens (primary N) is 1. The predicted octanol–water partition coefficient (Wildman–Crippen LogP) is -0.0341. The van der Waals surface area contributed by atoms with E-state index >= 15 is 0 Å². The van der Waals surface area contributed by atoms with Crippen LogP contribution in [0.2, 0.25) is 0 Å². The molecule has 1 aliphatic heterocycles. The number of aliphatic hydroxyl groups is 1. The van der Waals surface area contributed by atoms with Crippen LogP contribution in [0.5, 0.6) is 0 Å². The van der Waals surface area contributed by atoms with Gasteiger partial charge in [-0.15, -0.1) is 0 Å². The van der Waals surface area contributed by atoms with Crippen molar-refractivity contribution in [1.29, 1.82) is 0 Å². The van der Waals surface area contributed by atoms with Crippen LogP contribution in [0.4, 0.5) is 0 Å². The Balaban J connectivity index is 1.76. The molecule has 0 saturated carbocycles. The molecule has 1 fully saturated rings. The van der Waals surface area contributed by atoms with E-state index in [0.717, 1.165) is 6.42 Å². The lowest BCUT2D eigenvalue weighted by Gasteiger charge is -2.36. The zero-order valence-electron chi connectivity index (χ0n) is 13.5. The summed E-state index contributed by atoms with van der Waals surface area (Å²) in [4.78, 5) is 25.1. The standard InChI is InChI=1S/C17H25N3O3/c1-13-5-2-3-6-14(13)7-9-19-15(21)11-20-10-4-8-17(23,12-20)16(18)22/h2-3,5-6,23H,4,7-12H2,1H3,(H2,18,22)(H,19,21). The van der Waals surface area contributed by atoms with E-state index in [2.05, 4.69) is 24.4 Å². The summed E-state index contributed by atoms with van der Waals surface area (Å²) in [7, 11) is 0. The minimum absolute atomic E-state index is 0.104. The van der Waals surface area contributed by atoms with E-state index in [1.54, 1.807) is 4.90 Å². The van der Waals surface area contributed by atoms with Gasteiger partial charge in [0.05, 0.1) is 6.54 Å². The fraction of sp³-hybridized carbons (Fsp3) is 0.529. The van der Waals surface area contributed by atoms with Gasteiger partial charge in [0, 0.05) is 13.1 Å². The average molecular weight is 319 g/mol. The third kappa shape index (κ3) is 4.77. The number of hydrogen-bond donors (Lipinski definition) is 3. The number of piperidine rings is 1. The summed E-state index contributed by atoms with van der Waals surface area (Å²) in [5.41, 5.74) is 6.15. The van der Waals surface area contributed by atoms with E-state index in [-0.39, 0.29) is 19.0 Å². The molecule has 0 spiro atoms. The number of amides is 2. The van der Waals surface area contributed by atoms with Crippen molar-refractivity contribution in [2.24, 2.45) is 5.73 Å². The molecule has 4 N–H and O–H groups in total. The highest BCUT2D eigenvalue weighted by Gasteiger charge is 2.38. The van der Waals surface area contributed by atoms with Gasteiger partial charge in [0.15, 0.2) is 5.60 Å². The smallest absolute Gasteiger partial charge is 0.250 e. The number of rotatable bonds is 6. The number of hydrogen-bond acceptors (Lipinski definition) is 4. The molecular weight excluding hydrogens is 294 g/mol. The number of benzene rings is 1. The third-order valence-corrected chi connectivity index (χ3v) is 4.35. The first-order chi connectivity index (χ1) is 10.9. The van der Waals surface area contributed by atoms with Gasteiger partial charge in [-0.1, -0.05) is 24.3 Å². The van der Waals surface area contributed by atoms with Crippen molar-refractivity contribution in [2.75, 3.05) is 26.2 Å². The number of carbonyl (C=O) groups is 2. The van der Waals surface area contributed by atoms with Gasteiger partial charge in [0.1, 0.15) is 0 Å². The van der Waals surface area contributed by atoms with Gasteiger partial charge in [-0.2, -0.15) is 0 Å². The molecule has 0 radical (unpaired) electrons. The molecule has 1 aliphatic rings. The van der Waals surface area contributed by atoms with Crippen molar-refractivity contribution >= 4 is 11.8 Å². The lowest BCUT2D eigenvalue weighted by Crippen LogP contribution is -2.57. The van der Waals surface area contributed by atoms with Crippen molar-refractivity contribution in [3.8, 4) is 0 Å². The molecule has 1 aromatic rings. The van der Waals surface area contributed by atoms with Gasteiger partial charge in [0.2, 0.25) is 5.91 Å².